The van der Waals surface area contributed by atoms with Crippen molar-refractivity contribution in [2.24, 2.45) is 0 Å². The molecule has 2 aromatic rings. The molecule has 1 aliphatic carbocycles. The Bertz CT molecular complexity index is 574. The van der Waals surface area contributed by atoms with Crippen LogP contribution in [-0.4, -0.2) is 4.98 Å². The second kappa shape index (κ2) is 3.17. The van der Waals surface area contributed by atoms with Crippen molar-refractivity contribution in [2.45, 2.75) is 25.7 Å². The molecule has 0 radical (unpaired) electrons. The number of pyridine rings is 1. The molecule has 16 heavy (non-hydrogen) atoms. The zero-order chi connectivity index (χ0) is 11.3. The molecule has 0 atom stereocenters. The van der Waals surface area contributed by atoms with Gasteiger partial charge in [-0.2, -0.15) is 0 Å². The SMILES string of the molecule is Cc1ccc(F)c2c(N)cc(C3CC3)nc12. The number of nitrogens with zero attached hydrogens (tertiary/aromatic N) is 1. The summed E-state index contributed by atoms with van der Waals surface area (Å²) in [6.07, 6.45) is 2.35. The zero-order valence-corrected chi connectivity index (χ0v) is 9.13. The average molecular weight is 216 g/mol. The monoisotopic (exact) mass is 216 g/mol. The van der Waals surface area contributed by atoms with Crippen LogP contribution in [0, 0.1) is 12.7 Å². The summed E-state index contributed by atoms with van der Waals surface area (Å²) in [6, 6.07) is 5.02. The first-order valence-electron chi connectivity index (χ1n) is 5.52. The van der Waals surface area contributed by atoms with E-state index in [0.29, 0.717) is 22.5 Å². The molecule has 1 aromatic heterocycles. The topological polar surface area (TPSA) is 38.9 Å². The van der Waals surface area contributed by atoms with Crippen LogP contribution in [0.5, 0.6) is 0 Å². The Labute approximate surface area is 93.3 Å². The molecule has 3 rings (SSSR count). The van der Waals surface area contributed by atoms with Gasteiger partial charge < -0.3 is 5.73 Å². The highest BCUT2D eigenvalue weighted by Gasteiger charge is 2.26. The van der Waals surface area contributed by atoms with Crippen molar-refractivity contribution in [2.75, 3.05) is 5.73 Å². The summed E-state index contributed by atoms with van der Waals surface area (Å²) in [6.45, 7) is 1.94. The summed E-state index contributed by atoms with van der Waals surface area (Å²) in [4.78, 5) is 4.54. The number of hydrogen-bond acceptors (Lipinski definition) is 2. The first kappa shape index (κ1) is 9.58. The molecule has 1 aliphatic rings. The van der Waals surface area contributed by atoms with Gasteiger partial charge in [-0.05, 0) is 37.5 Å². The van der Waals surface area contributed by atoms with Gasteiger partial charge in [-0.1, -0.05) is 6.07 Å². The Kier molecular flexibility index (Phi) is 1.90. The van der Waals surface area contributed by atoms with Gasteiger partial charge in [0.05, 0.1) is 10.9 Å². The number of nitrogens with two attached hydrogens (primary N) is 1. The summed E-state index contributed by atoms with van der Waals surface area (Å²) in [5.41, 5.74) is 9.12. The molecule has 2 N–H and O–H groups in total. The molecule has 1 saturated carbocycles. The number of anilines is 1. The highest BCUT2D eigenvalue weighted by Crippen LogP contribution is 2.41. The fourth-order valence-electron chi connectivity index (χ4n) is 2.07. The fourth-order valence-corrected chi connectivity index (χ4v) is 2.07. The van der Waals surface area contributed by atoms with Crippen LogP contribution in [0.15, 0.2) is 18.2 Å². The quantitative estimate of drug-likeness (QED) is 0.795. The molecule has 0 unspecified atom stereocenters. The summed E-state index contributed by atoms with van der Waals surface area (Å²) >= 11 is 0. The number of nitrogen functional groups attached to an aromatic ring is 1. The van der Waals surface area contributed by atoms with Crippen LogP contribution >= 0.6 is 0 Å². The smallest absolute Gasteiger partial charge is 0.134 e. The van der Waals surface area contributed by atoms with Gasteiger partial charge in [0, 0.05) is 17.3 Å². The number of aryl methyl sites for hydroxylation is 1. The number of halogens is 1. The van der Waals surface area contributed by atoms with Crippen LogP contribution in [0.4, 0.5) is 10.1 Å². The highest BCUT2D eigenvalue weighted by molar-refractivity contribution is 5.92. The lowest BCUT2D eigenvalue weighted by Crippen LogP contribution is -1.98. The maximum Gasteiger partial charge on any atom is 0.134 e. The van der Waals surface area contributed by atoms with Gasteiger partial charge in [0.15, 0.2) is 0 Å². The van der Waals surface area contributed by atoms with E-state index in [9.17, 15) is 4.39 Å². The number of hydrogen-bond donors (Lipinski definition) is 1. The Hall–Kier alpha value is -1.64. The third-order valence-electron chi connectivity index (χ3n) is 3.16. The molecule has 1 fully saturated rings. The Morgan fingerprint density at radius 2 is 2.12 bits per heavy atom. The first-order chi connectivity index (χ1) is 7.66. The second-order valence-corrected chi connectivity index (χ2v) is 4.50. The molecule has 1 aromatic carbocycles. The lowest BCUT2D eigenvalue weighted by Gasteiger charge is -2.08. The molecule has 82 valence electrons. The van der Waals surface area contributed by atoms with Gasteiger partial charge in [0.1, 0.15) is 5.82 Å². The Morgan fingerprint density at radius 3 is 2.81 bits per heavy atom. The van der Waals surface area contributed by atoms with Crippen molar-refractivity contribution in [3.8, 4) is 0 Å². The van der Waals surface area contributed by atoms with E-state index in [1.807, 2.05) is 13.0 Å². The van der Waals surface area contributed by atoms with Gasteiger partial charge in [-0.3, -0.25) is 4.98 Å². The van der Waals surface area contributed by atoms with Crippen LogP contribution in [0.3, 0.4) is 0 Å². The highest BCUT2D eigenvalue weighted by atomic mass is 19.1. The van der Waals surface area contributed by atoms with Crippen molar-refractivity contribution >= 4 is 16.6 Å². The van der Waals surface area contributed by atoms with Crippen LogP contribution in [0.2, 0.25) is 0 Å². The molecule has 0 saturated heterocycles. The Balaban J connectivity index is 2.36. The molecule has 1 heterocycles. The van der Waals surface area contributed by atoms with Crippen molar-refractivity contribution in [3.63, 3.8) is 0 Å². The molecular formula is C13H13FN2. The van der Waals surface area contributed by atoms with Crippen LogP contribution in [-0.2, 0) is 0 Å². The zero-order valence-electron chi connectivity index (χ0n) is 9.13. The van der Waals surface area contributed by atoms with E-state index in [4.69, 9.17) is 5.73 Å². The van der Waals surface area contributed by atoms with E-state index in [1.165, 1.54) is 18.9 Å². The van der Waals surface area contributed by atoms with Crippen LogP contribution in [0.1, 0.15) is 30.0 Å². The molecule has 0 aliphatic heterocycles. The van der Waals surface area contributed by atoms with E-state index < -0.39 is 0 Å². The second-order valence-electron chi connectivity index (χ2n) is 4.50. The minimum atomic E-state index is -0.284. The molecule has 0 bridgehead atoms. The van der Waals surface area contributed by atoms with Crippen molar-refractivity contribution in [3.05, 3.63) is 35.3 Å². The summed E-state index contributed by atoms with van der Waals surface area (Å²) in [7, 11) is 0. The predicted octanol–water partition coefficient (Wildman–Crippen LogP) is 3.14. The maximum atomic E-state index is 13.7. The summed E-state index contributed by atoms with van der Waals surface area (Å²) < 4.78 is 13.7. The molecule has 0 spiro atoms. The van der Waals surface area contributed by atoms with E-state index >= 15 is 0 Å². The van der Waals surface area contributed by atoms with E-state index in [2.05, 4.69) is 4.98 Å². The standard InChI is InChI=1S/C13H13FN2/c1-7-2-5-9(14)12-10(15)6-11(8-3-4-8)16-13(7)12/h2,5-6,8H,3-4H2,1H3,(H2,15,16). The maximum absolute atomic E-state index is 13.7. The third-order valence-corrected chi connectivity index (χ3v) is 3.16. The number of aromatic nitrogens is 1. The third kappa shape index (κ3) is 1.35. The molecular weight excluding hydrogens is 203 g/mol. The van der Waals surface area contributed by atoms with E-state index in [1.54, 1.807) is 6.07 Å². The van der Waals surface area contributed by atoms with Gasteiger partial charge in [-0.15, -0.1) is 0 Å². The number of rotatable bonds is 1. The average Bonchev–Trinajstić information content (AvgIpc) is 3.06. The number of fused-ring (bicyclic) bond motifs is 1. The van der Waals surface area contributed by atoms with Gasteiger partial charge in [0.25, 0.3) is 0 Å². The molecule has 0 amide bonds. The van der Waals surface area contributed by atoms with Crippen LogP contribution < -0.4 is 5.73 Å². The lowest BCUT2D eigenvalue weighted by atomic mass is 10.1. The predicted molar refractivity (Wildman–Crippen MR) is 62.8 cm³/mol. The van der Waals surface area contributed by atoms with Gasteiger partial charge in [0.2, 0.25) is 0 Å². The lowest BCUT2D eigenvalue weighted by molar-refractivity contribution is 0.639. The Morgan fingerprint density at radius 1 is 1.38 bits per heavy atom. The van der Waals surface area contributed by atoms with Crippen LogP contribution in [0.25, 0.3) is 10.9 Å². The molecule has 3 heteroatoms. The van der Waals surface area contributed by atoms with Gasteiger partial charge in [-0.25, -0.2) is 4.39 Å². The summed E-state index contributed by atoms with van der Waals surface area (Å²) in [5.74, 6) is 0.252. The van der Waals surface area contributed by atoms with E-state index in [0.717, 1.165) is 11.3 Å². The van der Waals surface area contributed by atoms with Gasteiger partial charge >= 0.3 is 0 Å². The minimum Gasteiger partial charge on any atom is -0.398 e. The minimum absolute atomic E-state index is 0.284. The summed E-state index contributed by atoms with van der Waals surface area (Å²) in [5, 5.41) is 0.462. The first-order valence-corrected chi connectivity index (χ1v) is 5.52. The van der Waals surface area contributed by atoms with E-state index in [-0.39, 0.29) is 5.82 Å². The normalized spacial score (nSPS) is 15.6. The largest absolute Gasteiger partial charge is 0.398 e. The number of benzene rings is 1. The van der Waals surface area contributed by atoms with Crippen molar-refractivity contribution in [1.82, 2.24) is 4.98 Å². The van der Waals surface area contributed by atoms with Crippen molar-refractivity contribution < 1.29 is 4.39 Å². The van der Waals surface area contributed by atoms with Crippen molar-refractivity contribution in [1.29, 1.82) is 0 Å². The fraction of sp³-hybridized carbons (Fsp3) is 0.308. The molecule has 2 nitrogen and oxygen atoms in total.